The lowest BCUT2D eigenvalue weighted by Gasteiger charge is -2.12. The van der Waals surface area contributed by atoms with Crippen molar-refractivity contribution < 1.29 is 19.0 Å². The van der Waals surface area contributed by atoms with Crippen molar-refractivity contribution in [1.82, 2.24) is 10.6 Å². The van der Waals surface area contributed by atoms with Gasteiger partial charge in [-0.1, -0.05) is 30.3 Å². The Hall–Kier alpha value is -2.60. The van der Waals surface area contributed by atoms with E-state index in [9.17, 15) is 9.18 Å². The fourth-order valence-electron chi connectivity index (χ4n) is 2.01. The Morgan fingerprint density at radius 2 is 1.87 bits per heavy atom. The number of hydrogen-bond donors (Lipinski definition) is 3. The zero-order valence-electron chi connectivity index (χ0n) is 12.6. The third-order valence-corrected chi connectivity index (χ3v) is 3.10. The molecular weight excluding hydrogens is 299 g/mol. The summed E-state index contributed by atoms with van der Waals surface area (Å²) < 4.78 is 18.4. The van der Waals surface area contributed by atoms with Crippen molar-refractivity contribution in [2.45, 2.75) is 13.1 Å². The van der Waals surface area contributed by atoms with Crippen molar-refractivity contribution in [3.05, 3.63) is 65.5 Å². The Balaban J connectivity index is 1.82. The summed E-state index contributed by atoms with van der Waals surface area (Å²) in [6, 6.07) is 13.0. The van der Waals surface area contributed by atoms with Crippen LogP contribution in [-0.2, 0) is 13.1 Å². The van der Waals surface area contributed by atoms with Crippen molar-refractivity contribution in [3.8, 4) is 5.75 Å². The second-order valence-electron chi connectivity index (χ2n) is 4.85. The van der Waals surface area contributed by atoms with Gasteiger partial charge in [-0.3, -0.25) is 0 Å². The number of aliphatic hydroxyl groups is 1. The number of urea groups is 1. The van der Waals surface area contributed by atoms with Crippen LogP contribution < -0.4 is 15.4 Å². The minimum Gasteiger partial charge on any atom is -0.491 e. The molecule has 3 N–H and O–H groups in total. The summed E-state index contributed by atoms with van der Waals surface area (Å²) >= 11 is 0. The van der Waals surface area contributed by atoms with Crippen LogP contribution in [0, 0.1) is 5.82 Å². The first kappa shape index (κ1) is 16.8. The Morgan fingerprint density at radius 1 is 1.09 bits per heavy atom. The predicted molar refractivity (Wildman–Crippen MR) is 84.5 cm³/mol. The minimum absolute atomic E-state index is 0.0735. The standard InChI is InChI=1S/C17H19FN2O3/c18-15-6-3-4-13(10-15)11-19-17(22)20-12-14-5-1-2-7-16(14)23-9-8-21/h1-7,10,21H,8-9,11-12H2,(H2,19,20,22). The molecule has 0 fully saturated rings. The second kappa shape index (κ2) is 8.75. The van der Waals surface area contributed by atoms with Crippen LogP contribution in [0.2, 0.25) is 0 Å². The molecule has 2 aromatic carbocycles. The van der Waals surface area contributed by atoms with Crippen LogP contribution in [0.15, 0.2) is 48.5 Å². The molecule has 0 saturated carbocycles. The first-order valence-corrected chi connectivity index (χ1v) is 7.27. The number of nitrogens with one attached hydrogen (secondary N) is 2. The molecular formula is C17H19FN2O3. The number of carbonyl (C=O) groups is 1. The third-order valence-electron chi connectivity index (χ3n) is 3.10. The normalized spacial score (nSPS) is 10.2. The molecule has 0 aliphatic rings. The minimum atomic E-state index is -0.355. The van der Waals surface area contributed by atoms with Crippen LogP contribution in [-0.4, -0.2) is 24.4 Å². The molecule has 122 valence electrons. The molecule has 0 atom stereocenters. The first-order valence-electron chi connectivity index (χ1n) is 7.27. The van der Waals surface area contributed by atoms with E-state index in [1.165, 1.54) is 12.1 Å². The SMILES string of the molecule is O=C(NCc1cccc(F)c1)NCc1ccccc1OCCO. The van der Waals surface area contributed by atoms with E-state index in [0.29, 0.717) is 11.3 Å². The van der Waals surface area contributed by atoms with E-state index in [1.54, 1.807) is 18.2 Å². The molecule has 0 aromatic heterocycles. The van der Waals surface area contributed by atoms with E-state index in [-0.39, 0.29) is 38.2 Å². The van der Waals surface area contributed by atoms with Crippen LogP contribution in [0.25, 0.3) is 0 Å². The van der Waals surface area contributed by atoms with E-state index >= 15 is 0 Å². The molecule has 2 amide bonds. The maximum absolute atomic E-state index is 13.0. The highest BCUT2D eigenvalue weighted by Crippen LogP contribution is 2.17. The monoisotopic (exact) mass is 318 g/mol. The summed E-state index contributed by atoms with van der Waals surface area (Å²) in [5.74, 6) is 0.284. The molecule has 0 aliphatic heterocycles. The molecule has 5 nitrogen and oxygen atoms in total. The molecule has 2 aromatic rings. The van der Waals surface area contributed by atoms with Gasteiger partial charge in [0.05, 0.1) is 6.61 Å². The number of rotatable bonds is 7. The molecule has 2 rings (SSSR count). The van der Waals surface area contributed by atoms with Crippen LogP contribution in [0.4, 0.5) is 9.18 Å². The predicted octanol–water partition coefficient (Wildman–Crippen LogP) is 2.20. The largest absolute Gasteiger partial charge is 0.491 e. The Labute approximate surface area is 134 Å². The summed E-state index contributed by atoms with van der Waals surface area (Å²) in [6.45, 7) is 0.654. The van der Waals surface area contributed by atoms with Gasteiger partial charge in [-0.2, -0.15) is 0 Å². The zero-order valence-corrected chi connectivity index (χ0v) is 12.6. The maximum Gasteiger partial charge on any atom is 0.315 e. The lowest BCUT2D eigenvalue weighted by molar-refractivity contribution is 0.200. The van der Waals surface area contributed by atoms with E-state index < -0.39 is 0 Å². The molecule has 0 heterocycles. The molecule has 0 saturated heterocycles. The van der Waals surface area contributed by atoms with Gasteiger partial charge in [-0.25, -0.2) is 9.18 Å². The fraction of sp³-hybridized carbons (Fsp3) is 0.235. The van der Waals surface area contributed by atoms with Crippen LogP contribution >= 0.6 is 0 Å². The second-order valence-corrected chi connectivity index (χ2v) is 4.85. The average Bonchev–Trinajstić information content (AvgIpc) is 2.57. The number of ether oxygens (including phenoxy) is 1. The molecule has 0 bridgehead atoms. The van der Waals surface area contributed by atoms with Gasteiger partial charge in [0, 0.05) is 18.7 Å². The number of carbonyl (C=O) groups excluding carboxylic acids is 1. The zero-order chi connectivity index (χ0) is 16.5. The summed E-state index contributed by atoms with van der Waals surface area (Å²) in [5, 5.41) is 14.2. The smallest absolute Gasteiger partial charge is 0.315 e. The highest BCUT2D eigenvalue weighted by Gasteiger charge is 2.05. The van der Waals surface area contributed by atoms with Crippen molar-refractivity contribution in [2.75, 3.05) is 13.2 Å². The van der Waals surface area contributed by atoms with Crippen LogP contribution in [0.3, 0.4) is 0 Å². The van der Waals surface area contributed by atoms with Gasteiger partial charge in [0.1, 0.15) is 18.2 Å². The highest BCUT2D eigenvalue weighted by atomic mass is 19.1. The van der Waals surface area contributed by atoms with E-state index in [0.717, 1.165) is 5.56 Å². The van der Waals surface area contributed by atoms with Crippen molar-refractivity contribution in [2.24, 2.45) is 0 Å². The molecule has 6 heteroatoms. The summed E-state index contributed by atoms with van der Waals surface area (Å²) in [7, 11) is 0. The Morgan fingerprint density at radius 3 is 2.65 bits per heavy atom. The van der Waals surface area contributed by atoms with Gasteiger partial charge in [0.15, 0.2) is 0 Å². The highest BCUT2D eigenvalue weighted by molar-refractivity contribution is 5.73. The maximum atomic E-state index is 13.0. The van der Waals surface area contributed by atoms with Crippen LogP contribution in [0.1, 0.15) is 11.1 Å². The van der Waals surface area contributed by atoms with Crippen molar-refractivity contribution >= 4 is 6.03 Å². The van der Waals surface area contributed by atoms with E-state index in [2.05, 4.69) is 10.6 Å². The quantitative estimate of drug-likeness (QED) is 0.733. The van der Waals surface area contributed by atoms with E-state index in [4.69, 9.17) is 9.84 Å². The van der Waals surface area contributed by atoms with Gasteiger partial charge >= 0.3 is 6.03 Å². The summed E-state index contributed by atoms with van der Waals surface area (Å²) in [4.78, 5) is 11.8. The lowest BCUT2D eigenvalue weighted by atomic mass is 10.2. The van der Waals surface area contributed by atoms with Crippen LogP contribution in [0.5, 0.6) is 5.75 Å². The number of para-hydroxylation sites is 1. The number of amides is 2. The third kappa shape index (κ3) is 5.60. The average molecular weight is 318 g/mol. The first-order chi connectivity index (χ1) is 11.2. The summed E-state index contributed by atoms with van der Waals surface area (Å²) in [6.07, 6.45) is 0. The van der Waals surface area contributed by atoms with Crippen molar-refractivity contribution in [1.29, 1.82) is 0 Å². The summed E-state index contributed by atoms with van der Waals surface area (Å²) in [5.41, 5.74) is 1.49. The van der Waals surface area contributed by atoms with Gasteiger partial charge in [0.25, 0.3) is 0 Å². The van der Waals surface area contributed by atoms with E-state index in [1.807, 2.05) is 18.2 Å². The fourth-order valence-corrected chi connectivity index (χ4v) is 2.01. The molecule has 23 heavy (non-hydrogen) atoms. The molecule has 0 spiro atoms. The lowest BCUT2D eigenvalue weighted by Crippen LogP contribution is -2.34. The van der Waals surface area contributed by atoms with Gasteiger partial charge < -0.3 is 20.5 Å². The Bertz CT molecular complexity index is 649. The molecule has 0 aliphatic carbocycles. The number of halogens is 1. The number of hydrogen-bond acceptors (Lipinski definition) is 3. The topological polar surface area (TPSA) is 70.6 Å². The molecule has 0 unspecified atom stereocenters. The van der Waals surface area contributed by atoms with Gasteiger partial charge in [0.2, 0.25) is 0 Å². The van der Waals surface area contributed by atoms with Crippen molar-refractivity contribution in [3.63, 3.8) is 0 Å². The Kier molecular flexibility index (Phi) is 6.38. The number of aliphatic hydroxyl groups excluding tert-OH is 1. The molecule has 0 radical (unpaired) electrons. The van der Waals surface area contributed by atoms with Gasteiger partial charge in [-0.15, -0.1) is 0 Å². The van der Waals surface area contributed by atoms with Gasteiger partial charge in [-0.05, 0) is 23.8 Å². The number of benzene rings is 2.